The first-order valence-corrected chi connectivity index (χ1v) is 6.36. The third-order valence-corrected chi connectivity index (χ3v) is 5.19. The predicted molar refractivity (Wildman–Crippen MR) is 58.5 cm³/mol. The van der Waals surface area contributed by atoms with E-state index in [2.05, 4.69) is 0 Å². The van der Waals surface area contributed by atoms with Gasteiger partial charge in [-0.1, -0.05) is 0 Å². The number of carbonyl (C=O) groups is 1. The number of carboxylic acids is 1. The first kappa shape index (κ1) is 10.0. The van der Waals surface area contributed by atoms with E-state index in [0.717, 1.165) is 31.1 Å². The molecule has 4 bridgehead atoms. The van der Waals surface area contributed by atoms with Gasteiger partial charge >= 0.3 is 0 Å². The van der Waals surface area contributed by atoms with Crippen LogP contribution in [0, 0.1) is 17.3 Å². The van der Waals surface area contributed by atoms with Crippen LogP contribution >= 0.6 is 12.6 Å². The Morgan fingerprint density at radius 3 is 2.33 bits per heavy atom. The van der Waals surface area contributed by atoms with Gasteiger partial charge in [0.2, 0.25) is 0 Å². The smallest absolute Gasteiger partial charge is 0.0419 e. The van der Waals surface area contributed by atoms with Gasteiger partial charge in [0.15, 0.2) is 0 Å². The molecule has 2 unspecified atom stereocenters. The molecule has 4 rings (SSSR count). The topological polar surface area (TPSA) is 40.1 Å². The second kappa shape index (κ2) is 2.93. The van der Waals surface area contributed by atoms with Crippen LogP contribution in [0.15, 0.2) is 0 Å². The minimum absolute atomic E-state index is 0.0463. The fourth-order valence-corrected chi connectivity index (χ4v) is 5.77. The van der Waals surface area contributed by atoms with Crippen molar-refractivity contribution in [3.05, 3.63) is 0 Å². The van der Waals surface area contributed by atoms with Crippen molar-refractivity contribution in [1.29, 1.82) is 0 Å². The highest BCUT2D eigenvalue weighted by molar-refractivity contribution is 7.81. The minimum Gasteiger partial charge on any atom is -0.550 e. The summed E-state index contributed by atoms with van der Waals surface area (Å²) < 4.78 is 0.152. The van der Waals surface area contributed by atoms with E-state index in [1.807, 2.05) is 0 Å². The number of carbonyl (C=O) groups excluding carboxylic acids is 1. The molecule has 15 heavy (non-hydrogen) atoms. The van der Waals surface area contributed by atoms with Gasteiger partial charge < -0.3 is 9.90 Å². The maximum absolute atomic E-state index is 10.9. The van der Waals surface area contributed by atoms with Crippen molar-refractivity contribution in [2.24, 2.45) is 17.3 Å². The Morgan fingerprint density at radius 2 is 1.87 bits per heavy atom. The number of rotatable bonds is 2. The molecule has 0 aliphatic heterocycles. The van der Waals surface area contributed by atoms with Gasteiger partial charge in [0, 0.05) is 10.7 Å². The first-order chi connectivity index (χ1) is 6.99. The van der Waals surface area contributed by atoms with Crippen LogP contribution in [0.5, 0.6) is 0 Å². The Labute approximate surface area is 95.8 Å². The Kier molecular flexibility index (Phi) is 1.96. The van der Waals surface area contributed by atoms with E-state index in [-0.39, 0.29) is 16.6 Å². The highest BCUT2D eigenvalue weighted by atomic mass is 32.1. The van der Waals surface area contributed by atoms with E-state index in [0.29, 0.717) is 0 Å². The molecular weight excluding hydrogens is 208 g/mol. The molecule has 0 heterocycles. The molecule has 4 aliphatic carbocycles. The fraction of sp³-hybridized carbons (Fsp3) is 0.917. The van der Waals surface area contributed by atoms with E-state index in [1.54, 1.807) is 0 Å². The summed E-state index contributed by atoms with van der Waals surface area (Å²) in [7, 11) is 0. The summed E-state index contributed by atoms with van der Waals surface area (Å²) in [5.74, 6) is 0.611. The fourth-order valence-electron chi connectivity index (χ4n) is 4.91. The molecule has 3 heteroatoms. The van der Waals surface area contributed by atoms with Crippen molar-refractivity contribution in [2.45, 2.75) is 49.7 Å². The lowest BCUT2D eigenvalue weighted by molar-refractivity contribution is -0.309. The average molecular weight is 225 g/mol. The average Bonchev–Trinajstić information content (AvgIpc) is 1.94. The number of hydrogen-bond donors (Lipinski definition) is 1. The van der Waals surface area contributed by atoms with Crippen LogP contribution in [-0.2, 0) is 4.79 Å². The first-order valence-electron chi connectivity index (χ1n) is 5.91. The number of hydrogen-bond acceptors (Lipinski definition) is 3. The maximum Gasteiger partial charge on any atom is 0.0419 e. The molecule has 0 spiro atoms. The van der Waals surface area contributed by atoms with Crippen molar-refractivity contribution in [1.82, 2.24) is 0 Å². The van der Waals surface area contributed by atoms with Gasteiger partial charge in [-0.05, 0) is 62.2 Å². The summed E-state index contributed by atoms with van der Waals surface area (Å²) in [5, 5.41) is 10.9. The third-order valence-electron chi connectivity index (χ3n) is 4.67. The second-order valence-corrected chi connectivity index (χ2v) is 7.18. The Morgan fingerprint density at radius 1 is 1.27 bits per heavy atom. The zero-order chi connectivity index (χ0) is 10.7. The molecule has 0 radical (unpaired) electrons. The van der Waals surface area contributed by atoms with Crippen LogP contribution in [0.1, 0.15) is 44.9 Å². The van der Waals surface area contributed by atoms with Crippen molar-refractivity contribution in [2.75, 3.05) is 0 Å². The monoisotopic (exact) mass is 225 g/mol. The van der Waals surface area contributed by atoms with Crippen molar-refractivity contribution < 1.29 is 9.90 Å². The van der Waals surface area contributed by atoms with E-state index < -0.39 is 5.97 Å². The molecule has 4 atom stereocenters. The summed E-state index contributed by atoms with van der Waals surface area (Å²) in [6.45, 7) is 0. The molecular formula is C12H17O2S-. The molecule has 0 N–H and O–H groups in total. The number of thiol groups is 1. The lowest BCUT2D eigenvalue weighted by Crippen LogP contribution is -2.54. The van der Waals surface area contributed by atoms with Gasteiger partial charge in [-0.15, -0.1) is 0 Å². The Bertz CT molecular complexity index is 299. The van der Waals surface area contributed by atoms with Crippen LogP contribution in [0.3, 0.4) is 0 Å². The second-order valence-electron chi connectivity index (χ2n) is 6.23. The largest absolute Gasteiger partial charge is 0.550 e. The van der Waals surface area contributed by atoms with Gasteiger partial charge in [-0.2, -0.15) is 12.6 Å². The molecule has 2 nitrogen and oxygen atoms in total. The Balaban J connectivity index is 1.89. The molecule has 0 saturated heterocycles. The zero-order valence-electron chi connectivity index (χ0n) is 8.87. The normalized spacial score (nSPS) is 52.1. The lowest BCUT2D eigenvalue weighted by atomic mass is 9.48. The summed E-state index contributed by atoms with van der Waals surface area (Å²) in [4.78, 5) is 10.9. The van der Waals surface area contributed by atoms with E-state index in [4.69, 9.17) is 12.6 Å². The van der Waals surface area contributed by atoms with Gasteiger partial charge in [0.05, 0.1) is 0 Å². The third kappa shape index (κ3) is 1.59. The van der Waals surface area contributed by atoms with E-state index >= 15 is 0 Å². The molecule has 4 aliphatic rings. The number of carboxylic acid groups (broad SMARTS) is 1. The highest BCUT2D eigenvalue weighted by Gasteiger charge is 2.56. The summed E-state index contributed by atoms with van der Waals surface area (Å²) in [6, 6.07) is 0. The van der Waals surface area contributed by atoms with Crippen LogP contribution in [-0.4, -0.2) is 10.7 Å². The lowest BCUT2D eigenvalue weighted by Gasteiger charge is -2.61. The van der Waals surface area contributed by atoms with Crippen molar-refractivity contribution in [3.63, 3.8) is 0 Å². The predicted octanol–water partition coefficient (Wildman–Crippen LogP) is 1.40. The van der Waals surface area contributed by atoms with Gasteiger partial charge in [0.1, 0.15) is 0 Å². The molecule has 0 aromatic heterocycles. The van der Waals surface area contributed by atoms with E-state index in [9.17, 15) is 9.90 Å². The molecule has 84 valence electrons. The molecule has 0 amide bonds. The summed E-state index contributed by atoms with van der Waals surface area (Å²) in [5.41, 5.74) is 0.0463. The van der Waals surface area contributed by atoms with Crippen LogP contribution in [0.25, 0.3) is 0 Å². The summed E-state index contributed by atoms with van der Waals surface area (Å²) >= 11 is 4.81. The molecule has 4 fully saturated rings. The SMILES string of the molecule is O=C([O-])CC12C[C@@H]3C[C@@H](CC(S)(C3)C1)C2. The van der Waals surface area contributed by atoms with Crippen molar-refractivity contribution in [3.8, 4) is 0 Å². The van der Waals surface area contributed by atoms with Crippen LogP contribution in [0.4, 0.5) is 0 Å². The minimum atomic E-state index is -0.867. The molecule has 0 aromatic carbocycles. The summed E-state index contributed by atoms with van der Waals surface area (Å²) in [6.07, 6.45) is 7.23. The Hall–Kier alpha value is -0.180. The van der Waals surface area contributed by atoms with Crippen molar-refractivity contribution >= 4 is 18.6 Å². The molecule has 0 aromatic rings. The van der Waals surface area contributed by atoms with Crippen LogP contribution in [0.2, 0.25) is 0 Å². The van der Waals surface area contributed by atoms with E-state index in [1.165, 1.54) is 19.3 Å². The van der Waals surface area contributed by atoms with Gasteiger partial charge in [-0.25, -0.2) is 0 Å². The standard InChI is InChI=1S/C12H18O2S/c13-10(14)6-11-2-8-1-9(3-11)5-12(15,4-8)7-11/h8-9,15H,1-7H2,(H,13,14)/p-1/t8-,9+,11?,12?. The molecule has 4 saturated carbocycles. The van der Waals surface area contributed by atoms with Gasteiger partial charge in [0.25, 0.3) is 0 Å². The highest BCUT2D eigenvalue weighted by Crippen LogP contribution is 2.64. The van der Waals surface area contributed by atoms with Gasteiger partial charge in [-0.3, -0.25) is 0 Å². The zero-order valence-corrected chi connectivity index (χ0v) is 9.76. The maximum atomic E-state index is 10.9. The number of aliphatic carboxylic acids is 1. The van der Waals surface area contributed by atoms with Crippen LogP contribution < -0.4 is 5.11 Å². The quantitative estimate of drug-likeness (QED) is 0.722.